The summed E-state index contributed by atoms with van der Waals surface area (Å²) in [6, 6.07) is 0. The second-order valence-electron chi connectivity index (χ2n) is 3.74. The van der Waals surface area contributed by atoms with Gasteiger partial charge in [0.2, 0.25) is 0 Å². The molecule has 2 nitrogen and oxygen atoms in total. The Kier molecular flexibility index (Phi) is 5.76. The third-order valence-corrected chi connectivity index (χ3v) is 2.86. The molecule has 0 atom stereocenters. The molecule has 0 aliphatic rings. The summed E-state index contributed by atoms with van der Waals surface area (Å²) in [6.45, 7) is 8.57. The van der Waals surface area contributed by atoms with Gasteiger partial charge in [-0.25, -0.2) is 0 Å². The maximum atomic E-state index is 10.7. The van der Waals surface area contributed by atoms with Gasteiger partial charge in [-0.1, -0.05) is 27.2 Å². The van der Waals surface area contributed by atoms with Crippen molar-refractivity contribution >= 4 is 5.97 Å². The van der Waals surface area contributed by atoms with Crippen molar-refractivity contribution in [3.8, 4) is 0 Å². The first kappa shape index (κ1) is 12.5. The molecule has 0 saturated carbocycles. The molecule has 2 heteroatoms. The van der Waals surface area contributed by atoms with E-state index in [1.165, 1.54) is 6.92 Å². The smallest absolute Gasteiger partial charge is 0.302 e. The molecular weight excluding hydrogens is 164 g/mol. The second kappa shape index (κ2) is 6.01. The highest BCUT2D eigenvalue weighted by Crippen LogP contribution is 2.32. The van der Waals surface area contributed by atoms with E-state index in [0.717, 1.165) is 25.7 Å². The molecule has 0 N–H and O–H groups in total. The minimum Gasteiger partial charge on any atom is -0.465 e. The van der Waals surface area contributed by atoms with E-state index in [9.17, 15) is 4.79 Å². The van der Waals surface area contributed by atoms with Crippen LogP contribution in [0.5, 0.6) is 0 Å². The van der Waals surface area contributed by atoms with Crippen molar-refractivity contribution in [3.05, 3.63) is 0 Å². The number of carbonyl (C=O) groups excluding carboxylic acids is 1. The zero-order chi connectivity index (χ0) is 10.3. The molecule has 0 fully saturated rings. The van der Waals surface area contributed by atoms with Crippen LogP contribution < -0.4 is 0 Å². The van der Waals surface area contributed by atoms with Gasteiger partial charge in [-0.15, -0.1) is 0 Å². The van der Waals surface area contributed by atoms with E-state index < -0.39 is 0 Å². The van der Waals surface area contributed by atoms with Gasteiger partial charge in [0.05, 0.1) is 6.61 Å². The van der Waals surface area contributed by atoms with Crippen LogP contribution in [0.25, 0.3) is 0 Å². The molecule has 0 aliphatic heterocycles. The van der Waals surface area contributed by atoms with Gasteiger partial charge in [0.25, 0.3) is 0 Å². The van der Waals surface area contributed by atoms with Crippen molar-refractivity contribution in [2.75, 3.05) is 6.61 Å². The Balaban J connectivity index is 4.12. The Morgan fingerprint density at radius 1 is 1.23 bits per heavy atom. The first-order valence-corrected chi connectivity index (χ1v) is 5.23. The van der Waals surface area contributed by atoms with Crippen molar-refractivity contribution < 1.29 is 9.53 Å². The Morgan fingerprint density at radius 3 is 2.08 bits per heavy atom. The van der Waals surface area contributed by atoms with Gasteiger partial charge in [0.1, 0.15) is 0 Å². The Morgan fingerprint density at radius 2 is 1.77 bits per heavy atom. The van der Waals surface area contributed by atoms with Crippen molar-refractivity contribution in [2.24, 2.45) is 5.41 Å². The molecular formula is C11H22O2. The maximum absolute atomic E-state index is 10.7. The number of hydrogen-bond donors (Lipinski definition) is 0. The molecule has 78 valence electrons. The third kappa shape index (κ3) is 4.30. The quantitative estimate of drug-likeness (QED) is 0.596. The van der Waals surface area contributed by atoms with E-state index >= 15 is 0 Å². The monoisotopic (exact) mass is 186 g/mol. The van der Waals surface area contributed by atoms with Crippen molar-refractivity contribution in [2.45, 2.75) is 53.4 Å². The Bertz CT molecular complexity index is 148. The summed E-state index contributed by atoms with van der Waals surface area (Å²) in [6.07, 6.45) is 4.48. The summed E-state index contributed by atoms with van der Waals surface area (Å²) >= 11 is 0. The van der Waals surface area contributed by atoms with Crippen LogP contribution in [0, 0.1) is 5.41 Å². The molecule has 0 rings (SSSR count). The van der Waals surface area contributed by atoms with Crippen molar-refractivity contribution in [1.82, 2.24) is 0 Å². The molecule has 0 unspecified atom stereocenters. The summed E-state index contributed by atoms with van der Waals surface area (Å²) in [4.78, 5) is 10.7. The molecule has 0 aliphatic carbocycles. The van der Waals surface area contributed by atoms with E-state index in [4.69, 9.17) is 4.74 Å². The first-order valence-electron chi connectivity index (χ1n) is 5.23. The van der Waals surface area contributed by atoms with Gasteiger partial charge >= 0.3 is 5.97 Å². The zero-order valence-corrected chi connectivity index (χ0v) is 9.35. The molecule has 0 amide bonds. The molecule has 13 heavy (non-hydrogen) atoms. The molecule has 0 aromatic heterocycles. The lowest BCUT2D eigenvalue weighted by molar-refractivity contribution is -0.145. The van der Waals surface area contributed by atoms with Crippen LogP contribution in [0.2, 0.25) is 0 Å². The predicted octanol–water partition coefficient (Wildman–Crippen LogP) is 3.16. The third-order valence-electron chi connectivity index (χ3n) is 2.86. The number of ether oxygens (including phenoxy) is 1. The zero-order valence-electron chi connectivity index (χ0n) is 9.35. The van der Waals surface area contributed by atoms with E-state index in [0.29, 0.717) is 6.61 Å². The van der Waals surface area contributed by atoms with Gasteiger partial charge in [-0.05, 0) is 19.3 Å². The fraction of sp³-hybridized carbons (Fsp3) is 0.909. The topological polar surface area (TPSA) is 26.3 Å². The van der Waals surface area contributed by atoms with Gasteiger partial charge in [-0.2, -0.15) is 0 Å². The number of esters is 1. The average Bonchev–Trinajstić information content (AvgIpc) is 2.12. The summed E-state index contributed by atoms with van der Waals surface area (Å²) in [5.74, 6) is -0.164. The second-order valence-corrected chi connectivity index (χ2v) is 3.74. The fourth-order valence-electron chi connectivity index (χ4n) is 1.66. The first-order chi connectivity index (χ1) is 6.10. The lowest BCUT2D eigenvalue weighted by atomic mass is 9.79. The maximum Gasteiger partial charge on any atom is 0.302 e. The minimum atomic E-state index is -0.164. The van der Waals surface area contributed by atoms with Gasteiger partial charge in [0, 0.05) is 12.3 Å². The van der Waals surface area contributed by atoms with Gasteiger partial charge in [0.15, 0.2) is 0 Å². The van der Waals surface area contributed by atoms with E-state index in [1.54, 1.807) is 0 Å². The van der Waals surface area contributed by atoms with Crippen LogP contribution in [-0.4, -0.2) is 12.6 Å². The highest BCUT2D eigenvalue weighted by Gasteiger charge is 2.26. The SMILES string of the molecule is CCCC(CC)(CC)COC(C)=O. The van der Waals surface area contributed by atoms with Crippen LogP contribution in [0.1, 0.15) is 53.4 Å². The minimum absolute atomic E-state index is 0.164. The molecule has 0 heterocycles. The number of carbonyl (C=O) groups is 1. The van der Waals surface area contributed by atoms with Gasteiger partial charge < -0.3 is 4.74 Å². The molecule has 0 spiro atoms. The van der Waals surface area contributed by atoms with Crippen LogP contribution in [-0.2, 0) is 9.53 Å². The van der Waals surface area contributed by atoms with Crippen LogP contribution in [0.4, 0.5) is 0 Å². The van der Waals surface area contributed by atoms with Crippen LogP contribution >= 0.6 is 0 Å². The van der Waals surface area contributed by atoms with E-state index in [1.807, 2.05) is 0 Å². The van der Waals surface area contributed by atoms with E-state index in [2.05, 4.69) is 20.8 Å². The summed E-state index contributed by atoms with van der Waals surface area (Å²) in [5, 5.41) is 0. The Hall–Kier alpha value is -0.530. The normalized spacial score (nSPS) is 11.4. The predicted molar refractivity (Wildman–Crippen MR) is 54.6 cm³/mol. The van der Waals surface area contributed by atoms with E-state index in [-0.39, 0.29) is 11.4 Å². The highest BCUT2D eigenvalue weighted by atomic mass is 16.5. The lowest BCUT2D eigenvalue weighted by Crippen LogP contribution is -2.26. The highest BCUT2D eigenvalue weighted by molar-refractivity contribution is 5.65. The van der Waals surface area contributed by atoms with Gasteiger partial charge in [-0.3, -0.25) is 4.79 Å². The Labute approximate surface area is 81.7 Å². The van der Waals surface area contributed by atoms with Crippen molar-refractivity contribution in [1.29, 1.82) is 0 Å². The van der Waals surface area contributed by atoms with Crippen molar-refractivity contribution in [3.63, 3.8) is 0 Å². The van der Waals surface area contributed by atoms with Crippen LogP contribution in [0.15, 0.2) is 0 Å². The molecule has 0 radical (unpaired) electrons. The number of hydrogen-bond acceptors (Lipinski definition) is 2. The summed E-state index contributed by atoms with van der Waals surface area (Å²) in [7, 11) is 0. The molecule has 0 aromatic carbocycles. The fourth-order valence-corrected chi connectivity index (χ4v) is 1.66. The largest absolute Gasteiger partial charge is 0.465 e. The standard InChI is InChI=1S/C11H22O2/c1-5-8-11(6-2,7-3)9-13-10(4)12/h5-9H2,1-4H3. The molecule has 0 bridgehead atoms. The average molecular weight is 186 g/mol. The lowest BCUT2D eigenvalue weighted by Gasteiger charge is -2.30. The number of rotatable bonds is 6. The molecule has 0 aromatic rings. The van der Waals surface area contributed by atoms with Crippen LogP contribution in [0.3, 0.4) is 0 Å². The summed E-state index contributed by atoms with van der Waals surface area (Å²) in [5.41, 5.74) is 0.223. The summed E-state index contributed by atoms with van der Waals surface area (Å²) < 4.78 is 5.10. The molecule has 0 saturated heterocycles.